The molecule has 0 fully saturated rings. The Kier molecular flexibility index (Phi) is 4.61. The van der Waals surface area contributed by atoms with Gasteiger partial charge in [-0.05, 0) is 29.8 Å². The van der Waals surface area contributed by atoms with Crippen LogP contribution in [0.1, 0.15) is 21.5 Å². The third-order valence-electron chi connectivity index (χ3n) is 3.25. The molecule has 0 aliphatic rings. The number of benzene rings is 2. The fourth-order valence-corrected chi connectivity index (χ4v) is 2.62. The van der Waals surface area contributed by atoms with Crippen LogP contribution in [0.4, 0.5) is 13.2 Å². The molecular weight excluding hydrogens is 329 g/mol. The Morgan fingerprint density at radius 3 is 1.91 bits per heavy atom. The summed E-state index contributed by atoms with van der Waals surface area (Å²) >= 11 is 0. The smallest absolute Gasteiger partial charge is 0.294 e. The maximum Gasteiger partial charge on any atom is 0.416 e. The molecule has 0 amide bonds. The van der Waals surface area contributed by atoms with Crippen molar-refractivity contribution >= 4 is 15.6 Å². The Morgan fingerprint density at radius 2 is 1.48 bits per heavy atom. The lowest BCUT2D eigenvalue weighted by Crippen LogP contribution is -2.07. The molecule has 0 aliphatic carbocycles. The van der Waals surface area contributed by atoms with Crippen LogP contribution in [0, 0.1) is 0 Å². The minimum atomic E-state index is -4.41. The summed E-state index contributed by atoms with van der Waals surface area (Å²) in [6.45, 7) is 0. The number of hydrogen-bond donors (Lipinski definition) is 0. The van der Waals surface area contributed by atoms with E-state index in [9.17, 15) is 26.4 Å². The summed E-state index contributed by atoms with van der Waals surface area (Å²) in [6.07, 6.45) is -3.41. The number of halogens is 3. The van der Waals surface area contributed by atoms with Crippen molar-refractivity contribution in [1.29, 1.82) is 0 Å². The fourth-order valence-electron chi connectivity index (χ4n) is 1.99. The number of alkyl halides is 3. The summed E-state index contributed by atoms with van der Waals surface area (Å²) < 4.78 is 60.1. The number of carbonyl (C=O) groups excluding carboxylic acids is 1. The van der Waals surface area contributed by atoms with Crippen LogP contribution in [-0.2, 0) is 22.4 Å². The van der Waals surface area contributed by atoms with Gasteiger partial charge in [0.1, 0.15) is 0 Å². The van der Waals surface area contributed by atoms with Gasteiger partial charge in [-0.3, -0.25) is 4.79 Å². The third kappa shape index (κ3) is 4.41. The van der Waals surface area contributed by atoms with Gasteiger partial charge in [0.05, 0.1) is 10.5 Å². The first-order chi connectivity index (χ1) is 10.6. The molecule has 7 heteroatoms. The second-order valence-corrected chi connectivity index (χ2v) is 7.11. The van der Waals surface area contributed by atoms with Crippen molar-refractivity contribution in [1.82, 2.24) is 0 Å². The number of carbonyl (C=O) groups is 1. The van der Waals surface area contributed by atoms with Gasteiger partial charge in [-0.25, -0.2) is 8.42 Å². The first-order valence-corrected chi connectivity index (χ1v) is 8.46. The number of ketones is 1. The van der Waals surface area contributed by atoms with E-state index >= 15 is 0 Å². The van der Waals surface area contributed by atoms with E-state index in [1.165, 1.54) is 36.4 Å². The quantitative estimate of drug-likeness (QED) is 0.799. The van der Waals surface area contributed by atoms with Gasteiger partial charge < -0.3 is 0 Å². The summed E-state index contributed by atoms with van der Waals surface area (Å²) in [5.41, 5.74) is -0.0151. The molecule has 0 N–H and O–H groups in total. The molecule has 122 valence electrons. The minimum absolute atomic E-state index is 0.0592. The van der Waals surface area contributed by atoms with Gasteiger partial charge in [-0.1, -0.05) is 24.3 Å². The highest BCUT2D eigenvalue weighted by molar-refractivity contribution is 7.90. The zero-order chi connectivity index (χ0) is 17.3. The fraction of sp³-hybridized carbons (Fsp3) is 0.188. The normalized spacial score (nSPS) is 12.2. The predicted octanol–water partition coefficient (Wildman–Crippen LogP) is 3.53. The predicted molar refractivity (Wildman–Crippen MR) is 79.0 cm³/mol. The van der Waals surface area contributed by atoms with Gasteiger partial charge >= 0.3 is 6.18 Å². The molecule has 0 bridgehead atoms. The molecule has 2 aromatic carbocycles. The van der Waals surface area contributed by atoms with E-state index in [2.05, 4.69) is 0 Å². The standard InChI is InChI=1S/C16H13F3O3S/c1-23(21,22)14-8-4-12(5-9-14)15(20)10-11-2-6-13(7-3-11)16(17,18)19/h2-9H,10H2,1H3. The molecule has 23 heavy (non-hydrogen) atoms. The lowest BCUT2D eigenvalue weighted by Gasteiger charge is -2.07. The highest BCUT2D eigenvalue weighted by Gasteiger charge is 2.29. The third-order valence-corrected chi connectivity index (χ3v) is 4.38. The zero-order valence-electron chi connectivity index (χ0n) is 12.1. The van der Waals surface area contributed by atoms with Gasteiger partial charge in [-0.15, -0.1) is 0 Å². The number of Topliss-reactive ketones (excluding diaryl/α,β-unsaturated/α-hetero) is 1. The van der Waals surface area contributed by atoms with Crippen LogP contribution in [0.3, 0.4) is 0 Å². The van der Waals surface area contributed by atoms with Crippen molar-refractivity contribution in [2.45, 2.75) is 17.5 Å². The molecule has 0 aliphatic heterocycles. The van der Waals surface area contributed by atoms with Crippen molar-refractivity contribution < 1.29 is 26.4 Å². The summed E-state index contributed by atoms with van der Waals surface area (Å²) in [5.74, 6) is -0.301. The lowest BCUT2D eigenvalue weighted by atomic mass is 10.0. The average molecular weight is 342 g/mol. The first-order valence-electron chi connectivity index (χ1n) is 6.57. The van der Waals surface area contributed by atoms with E-state index in [4.69, 9.17) is 0 Å². The average Bonchev–Trinajstić information content (AvgIpc) is 2.46. The first kappa shape index (κ1) is 17.2. The second-order valence-electron chi connectivity index (χ2n) is 5.09. The monoisotopic (exact) mass is 342 g/mol. The van der Waals surface area contributed by atoms with Gasteiger partial charge in [0, 0.05) is 18.2 Å². The van der Waals surface area contributed by atoms with Crippen LogP contribution in [-0.4, -0.2) is 20.5 Å². The number of rotatable bonds is 4. The molecule has 0 heterocycles. The summed E-state index contributed by atoms with van der Waals surface area (Å²) in [7, 11) is -3.34. The van der Waals surface area contributed by atoms with Gasteiger partial charge in [0.2, 0.25) is 0 Å². The molecular formula is C16H13F3O3S. The molecule has 0 aromatic heterocycles. The molecule has 0 saturated carbocycles. The van der Waals surface area contributed by atoms with Crippen molar-refractivity contribution in [2.24, 2.45) is 0 Å². The summed E-state index contributed by atoms with van der Waals surface area (Å²) in [5, 5.41) is 0. The van der Waals surface area contributed by atoms with Gasteiger partial charge in [-0.2, -0.15) is 13.2 Å². The molecule has 0 unspecified atom stereocenters. The van der Waals surface area contributed by atoms with Gasteiger partial charge in [0.15, 0.2) is 15.6 Å². The van der Waals surface area contributed by atoms with E-state index in [0.29, 0.717) is 11.1 Å². The van der Waals surface area contributed by atoms with Crippen LogP contribution in [0.5, 0.6) is 0 Å². The maximum absolute atomic E-state index is 12.5. The van der Waals surface area contributed by atoms with E-state index in [0.717, 1.165) is 18.4 Å². The van der Waals surface area contributed by atoms with E-state index in [-0.39, 0.29) is 17.1 Å². The Balaban J connectivity index is 2.13. The van der Waals surface area contributed by atoms with Crippen molar-refractivity contribution in [2.75, 3.05) is 6.26 Å². The van der Waals surface area contributed by atoms with E-state index in [1.807, 2.05) is 0 Å². The molecule has 0 radical (unpaired) electrons. The van der Waals surface area contributed by atoms with E-state index < -0.39 is 21.6 Å². The SMILES string of the molecule is CS(=O)(=O)c1ccc(C(=O)Cc2ccc(C(F)(F)F)cc2)cc1. The van der Waals surface area contributed by atoms with E-state index in [1.54, 1.807) is 0 Å². The Morgan fingerprint density at radius 1 is 0.957 bits per heavy atom. The number of hydrogen-bond acceptors (Lipinski definition) is 3. The van der Waals surface area contributed by atoms with Crippen LogP contribution in [0.15, 0.2) is 53.4 Å². The molecule has 3 nitrogen and oxygen atoms in total. The minimum Gasteiger partial charge on any atom is -0.294 e. The molecule has 2 aromatic rings. The zero-order valence-corrected chi connectivity index (χ0v) is 12.9. The molecule has 0 spiro atoms. The molecule has 2 rings (SSSR count). The van der Waals surface area contributed by atoms with Crippen LogP contribution in [0.25, 0.3) is 0 Å². The Labute approximate surface area is 131 Å². The summed E-state index contributed by atoms with van der Waals surface area (Å²) in [4.78, 5) is 12.2. The Bertz CT molecular complexity index is 805. The van der Waals surface area contributed by atoms with Gasteiger partial charge in [0.25, 0.3) is 0 Å². The van der Waals surface area contributed by atoms with Crippen LogP contribution >= 0.6 is 0 Å². The summed E-state index contributed by atoms with van der Waals surface area (Å²) in [6, 6.07) is 9.80. The second kappa shape index (κ2) is 6.16. The van der Waals surface area contributed by atoms with Crippen molar-refractivity contribution in [3.63, 3.8) is 0 Å². The largest absolute Gasteiger partial charge is 0.416 e. The van der Waals surface area contributed by atoms with Crippen molar-refractivity contribution in [3.05, 3.63) is 65.2 Å². The Hall–Kier alpha value is -2.15. The molecule has 0 atom stereocenters. The van der Waals surface area contributed by atoms with Crippen LogP contribution < -0.4 is 0 Å². The lowest BCUT2D eigenvalue weighted by molar-refractivity contribution is -0.137. The molecule has 0 saturated heterocycles. The highest BCUT2D eigenvalue weighted by atomic mass is 32.2. The highest BCUT2D eigenvalue weighted by Crippen LogP contribution is 2.29. The van der Waals surface area contributed by atoms with Crippen molar-refractivity contribution in [3.8, 4) is 0 Å². The van der Waals surface area contributed by atoms with Crippen LogP contribution in [0.2, 0.25) is 0 Å². The number of sulfone groups is 1. The topological polar surface area (TPSA) is 51.2 Å². The maximum atomic E-state index is 12.5.